The molecular weight excluding hydrogens is 372 g/mol. The number of fused-ring (bicyclic) bond motifs is 2. The van der Waals surface area contributed by atoms with Gasteiger partial charge in [-0.15, -0.1) is 0 Å². The number of benzene rings is 2. The SMILES string of the molecule is Cc1nc(N2CCc3ccccc32)c2sc(=S)n(Cc3ccccc3)c2n1. The molecule has 2 aromatic carbocycles. The third-order valence-electron chi connectivity index (χ3n) is 4.93. The van der Waals surface area contributed by atoms with E-state index in [0.29, 0.717) is 0 Å². The summed E-state index contributed by atoms with van der Waals surface area (Å²) < 4.78 is 4.03. The van der Waals surface area contributed by atoms with Crippen molar-refractivity contribution in [3.8, 4) is 0 Å². The van der Waals surface area contributed by atoms with Gasteiger partial charge in [-0.05, 0) is 42.8 Å². The molecule has 3 heterocycles. The van der Waals surface area contributed by atoms with Crippen LogP contribution in [0.15, 0.2) is 54.6 Å². The van der Waals surface area contributed by atoms with Gasteiger partial charge in [0.2, 0.25) is 0 Å². The number of rotatable bonds is 3. The summed E-state index contributed by atoms with van der Waals surface area (Å²) in [6.45, 7) is 3.62. The molecule has 134 valence electrons. The highest BCUT2D eigenvalue weighted by Gasteiger charge is 2.25. The minimum absolute atomic E-state index is 0.728. The largest absolute Gasteiger partial charge is 0.324 e. The van der Waals surface area contributed by atoms with Gasteiger partial charge in [-0.3, -0.25) is 0 Å². The van der Waals surface area contributed by atoms with E-state index >= 15 is 0 Å². The first kappa shape index (κ1) is 16.6. The molecule has 0 bridgehead atoms. The summed E-state index contributed by atoms with van der Waals surface area (Å²) in [5.41, 5.74) is 4.76. The molecule has 0 spiro atoms. The van der Waals surface area contributed by atoms with E-state index in [2.05, 4.69) is 58.0 Å². The van der Waals surface area contributed by atoms with E-state index in [1.807, 2.05) is 13.0 Å². The van der Waals surface area contributed by atoms with Crippen molar-refractivity contribution in [3.63, 3.8) is 0 Å². The van der Waals surface area contributed by atoms with Gasteiger partial charge >= 0.3 is 0 Å². The van der Waals surface area contributed by atoms with Gasteiger partial charge in [-0.2, -0.15) is 0 Å². The molecule has 4 aromatic rings. The molecule has 5 rings (SSSR count). The van der Waals surface area contributed by atoms with Crippen molar-refractivity contribution in [2.24, 2.45) is 0 Å². The topological polar surface area (TPSA) is 34.0 Å². The fourth-order valence-corrected chi connectivity index (χ4v) is 5.01. The first-order valence-electron chi connectivity index (χ1n) is 8.98. The molecule has 6 heteroatoms. The maximum atomic E-state index is 5.70. The monoisotopic (exact) mass is 390 g/mol. The molecule has 1 aliphatic rings. The van der Waals surface area contributed by atoms with Crippen molar-refractivity contribution in [3.05, 3.63) is 75.5 Å². The fraction of sp³-hybridized carbons (Fsp3) is 0.190. The predicted molar refractivity (Wildman–Crippen MR) is 114 cm³/mol. The van der Waals surface area contributed by atoms with Crippen LogP contribution in [0, 0.1) is 10.9 Å². The van der Waals surface area contributed by atoms with Crippen molar-refractivity contribution >= 4 is 45.4 Å². The van der Waals surface area contributed by atoms with E-state index in [1.54, 1.807) is 11.3 Å². The standard InChI is InChI=1S/C21H18N4S2/c1-14-22-19(24-12-11-16-9-5-6-10-17(16)24)18-20(23-14)25(21(26)27-18)13-15-7-3-2-4-8-15/h2-10H,11-13H2,1H3. The van der Waals surface area contributed by atoms with Gasteiger partial charge in [-0.1, -0.05) is 59.9 Å². The summed E-state index contributed by atoms with van der Waals surface area (Å²) in [4.78, 5) is 11.9. The van der Waals surface area contributed by atoms with Crippen LogP contribution in [0.2, 0.25) is 0 Å². The second-order valence-electron chi connectivity index (χ2n) is 6.72. The minimum Gasteiger partial charge on any atom is -0.324 e. The predicted octanol–water partition coefficient (Wildman–Crippen LogP) is 5.27. The molecule has 0 saturated carbocycles. The molecular formula is C21H18N4S2. The lowest BCUT2D eigenvalue weighted by atomic mass is 10.2. The number of hydrogen-bond donors (Lipinski definition) is 0. The van der Waals surface area contributed by atoms with Crippen molar-refractivity contribution < 1.29 is 0 Å². The zero-order valence-corrected chi connectivity index (χ0v) is 16.6. The van der Waals surface area contributed by atoms with Gasteiger partial charge < -0.3 is 9.47 Å². The average molecular weight is 391 g/mol. The van der Waals surface area contributed by atoms with Crippen LogP contribution in [0.3, 0.4) is 0 Å². The maximum absolute atomic E-state index is 5.70. The van der Waals surface area contributed by atoms with Gasteiger partial charge in [0.15, 0.2) is 15.4 Å². The maximum Gasteiger partial charge on any atom is 0.163 e. The van der Waals surface area contributed by atoms with E-state index < -0.39 is 0 Å². The van der Waals surface area contributed by atoms with Crippen LogP contribution in [0.4, 0.5) is 11.5 Å². The molecule has 27 heavy (non-hydrogen) atoms. The highest BCUT2D eigenvalue weighted by atomic mass is 32.1. The van der Waals surface area contributed by atoms with Crippen LogP contribution in [0.25, 0.3) is 10.3 Å². The molecule has 0 saturated heterocycles. The fourth-order valence-electron chi connectivity index (χ4n) is 3.68. The Morgan fingerprint density at radius 1 is 1.04 bits per heavy atom. The lowest BCUT2D eigenvalue weighted by Gasteiger charge is -2.19. The molecule has 0 fully saturated rings. The molecule has 0 N–H and O–H groups in total. The van der Waals surface area contributed by atoms with E-state index in [-0.39, 0.29) is 0 Å². The molecule has 0 radical (unpaired) electrons. The quantitative estimate of drug-likeness (QED) is 0.446. The summed E-state index contributed by atoms with van der Waals surface area (Å²) in [6.07, 6.45) is 1.04. The molecule has 0 atom stereocenters. The number of para-hydroxylation sites is 1. The number of hydrogen-bond acceptors (Lipinski definition) is 5. The highest BCUT2D eigenvalue weighted by Crippen LogP contribution is 2.38. The number of nitrogens with zero attached hydrogens (tertiary/aromatic N) is 4. The molecule has 1 aliphatic heterocycles. The normalized spacial score (nSPS) is 13.3. The first-order valence-corrected chi connectivity index (χ1v) is 10.2. The Morgan fingerprint density at radius 3 is 2.67 bits per heavy atom. The molecule has 4 nitrogen and oxygen atoms in total. The third kappa shape index (κ3) is 2.85. The van der Waals surface area contributed by atoms with Crippen LogP contribution in [0.1, 0.15) is 17.0 Å². The third-order valence-corrected chi connectivity index (χ3v) is 6.37. The highest BCUT2D eigenvalue weighted by molar-refractivity contribution is 7.73. The Morgan fingerprint density at radius 2 is 1.81 bits per heavy atom. The Hall–Kier alpha value is -2.57. The minimum atomic E-state index is 0.728. The van der Waals surface area contributed by atoms with Crippen LogP contribution in [0.5, 0.6) is 0 Å². The average Bonchev–Trinajstić information content (AvgIpc) is 3.24. The molecule has 0 aliphatic carbocycles. The van der Waals surface area contributed by atoms with Crippen molar-refractivity contribution in [2.75, 3.05) is 11.4 Å². The van der Waals surface area contributed by atoms with E-state index in [1.165, 1.54) is 16.8 Å². The second kappa shape index (κ2) is 6.55. The molecule has 2 aromatic heterocycles. The first-order chi connectivity index (χ1) is 13.2. The number of thiazole rings is 1. The Labute approximate surface area is 166 Å². The summed E-state index contributed by atoms with van der Waals surface area (Å²) in [6, 6.07) is 18.9. The van der Waals surface area contributed by atoms with Gasteiger partial charge in [0.25, 0.3) is 0 Å². The number of anilines is 2. The van der Waals surface area contributed by atoms with Crippen LogP contribution in [-0.4, -0.2) is 21.1 Å². The van der Waals surface area contributed by atoms with Crippen molar-refractivity contribution in [1.29, 1.82) is 0 Å². The summed E-state index contributed by atoms with van der Waals surface area (Å²) in [5, 5.41) is 0. The Bertz CT molecular complexity index is 1190. The van der Waals surface area contributed by atoms with Gasteiger partial charge in [0.05, 0.1) is 6.54 Å². The molecule has 0 unspecified atom stereocenters. The number of aromatic nitrogens is 3. The zero-order chi connectivity index (χ0) is 18.4. The lowest BCUT2D eigenvalue weighted by Crippen LogP contribution is -2.16. The van der Waals surface area contributed by atoms with E-state index in [4.69, 9.17) is 22.2 Å². The van der Waals surface area contributed by atoms with Crippen LogP contribution >= 0.6 is 23.6 Å². The van der Waals surface area contributed by atoms with E-state index in [9.17, 15) is 0 Å². The number of aryl methyl sites for hydroxylation is 1. The molecule has 0 amide bonds. The van der Waals surface area contributed by atoms with Gasteiger partial charge in [-0.25, -0.2) is 9.97 Å². The second-order valence-corrected chi connectivity index (χ2v) is 8.36. The summed E-state index contributed by atoms with van der Waals surface area (Å²) >= 11 is 7.31. The van der Waals surface area contributed by atoms with Gasteiger partial charge in [0, 0.05) is 12.2 Å². The smallest absolute Gasteiger partial charge is 0.163 e. The summed E-state index contributed by atoms with van der Waals surface area (Å²) in [7, 11) is 0. The van der Waals surface area contributed by atoms with Gasteiger partial charge in [0.1, 0.15) is 10.5 Å². The Kier molecular flexibility index (Phi) is 4.02. The Balaban J connectivity index is 1.67. The van der Waals surface area contributed by atoms with Crippen molar-refractivity contribution in [2.45, 2.75) is 19.9 Å². The lowest BCUT2D eigenvalue weighted by molar-refractivity contribution is 0.814. The van der Waals surface area contributed by atoms with Crippen LogP contribution < -0.4 is 4.90 Å². The zero-order valence-electron chi connectivity index (χ0n) is 14.9. The van der Waals surface area contributed by atoms with Crippen molar-refractivity contribution in [1.82, 2.24) is 14.5 Å². The summed E-state index contributed by atoms with van der Waals surface area (Å²) in [5.74, 6) is 1.75. The van der Waals surface area contributed by atoms with E-state index in [0.717, 1.165) is 45.5 Å². The van der Waals surface area contributed by atoms with Crippen LogP contribution in [-0.2, 0) is 13.0 Å².